The summed E-state index contributed by atoms with van der Waals surface area (Å²) in [5.74, 6) is 0. The van der Waals surface area contributed by atoms with E-state index in [2.05, 4.69) is 31.2 Å². The highest BCUT2D eigenvalue weighted by Gasteiger charge is 2.07. The average molecular weight is 195 g/mol. The Hall–Kier alpha value is -0.830. The van der Waals surface area contributed by atoms with Gasteiger partial charge in [0.25, 0.3) is 0 Å². The van der Waals surface area contributed by atoms with Gasteiger partial charge in [0.1, 0.15) is 0 Å². The number of hydrogen-bond donors (Lipinski definition) is 1. The second-order valence-electron chi connectivity index (χ2n) is 3.77. The molecule has 0 aromatic carbocycles. The van der Waals surface area contributed by atoms with E-state index in [0.29, 0.717) is 0 Å². The maximum absolute atomic E-state index is 4.40. The molecule has 0 aliphatic carbocycles. The molecule has 0 spiro atoms. The summed E-state index contributed by atoms with van der Waals surface area (Å²) in [7, 11) is 2.01. The van der Waals surface area contributed by atoms with E-state index in [0.717, 1.165) is 19.5 Å². The van der Waals surface area contributed by atoms with Gasteiger partial charge in [-0.25, -0.2) is 0 Å². The van der Waals surface area contributed by atoms with Gasteiger partial charge >= 0.3 is 0 Å². The van der Waals surface area contributed by atoms with Crippen molar-refractivity contribution >= 4 is 0 Å². The van der Waals surface area contributed by atoms with Crippen molar-refractivity contribution in [3.8, 4) is 0 Å². The van der Waals surface area contributed by atoms with E-state index >= 15 is 0 Å². The molecule has 0 saturated heterocycles. The summed E-state index contributed by atoms with van der Waals surface area (Å²) in [6.07, 6.45) is 2.29. The van der Waals surface area contributed by atoms with Gasteiger partial charge in [-0.2, -0.15) is 5.10 Å². The average Bonchev–Trinajstić information content (AvgIpc) is 2.38. The SMILES string of the molecule is CCCNCCc1c(C)nn(C)c1C. The molecule has 3 heteroatoms. The quantitative estimate of drug-likeness (QED) is 0.723. The van der Waals surface area contributed by atoms with Gasteiger partial charge in [-0.1, -0.05) is 6.92 Å². The molecule has 1 rings (SSSR count). The van der Waals surface area contributed by atoms with Crippen molar-refractivity contribution in [2.75, 3.05) is 13.1 Å². The molecule has 1 aromatic heterocycles. The summed E-state index contributed by atoms with van der Waals surface area (Å²) in [6, 6.07) is 0. The molecule has 0 bridgehead atoms. The van der Waals surface area contributed by atoms with Crippen LogP contribution >= 0.6 is 0 Å². The van der Waals surface area contributed by atoms with E-state index in [4.69, 9.17) is 0 Å². The predicted octanol–water partition coefficient (Wildman–Crippen LogP) is 1.58. The molecule has 0 aliphatic heterocycles. The summed E-state index contributed by atoms with van der Waals surface area (Å²) in [5, 5.41) is 7.81. The van der Waals surface area contributed by atoms with Gasteiger partial charge in [0.05, 0.1) is 5.69 Å². The smallest absolute Gasteiger partial charge is 0.0628 e. The van der Waals surface area contributed by atoms with Crippen molar-refractivity contribution in [3.05, 3.63) is 17.0 Å². The van der Waals surface area contributed by atoms with Crippen LogP contribution in [0.2, 0.25) is 0 Å². The molecule has 14 heavy (non-hydrogen) atoms. The van der Waals surface area contributed by atoms with Crippen molar-refractivity contribution in [2.24, 2.45) is 7.05 Å². The standard InChI is InChI=1S/C11H21N3/c1-5-7-12-8-6-11-9(2)13-14(4)10(11)3/h12H,5-8H2,1-4H3. The van der Waals surface area contributed by atoms with Gasteiger partial charge in [-0.05, 0) is 45.3 Å². The summed E-state index contributed by atoms with van der Waals surface area (Å²) in [5.41, 5.74) is 3.86. The zero-order valence-electron chi connectivity index (χ0n) is 9.72. The summed E-state index contributed by atoms with van der Waals surface area (Å²) in [4.78, 5) is 0. The van der Waals surface area contributed by atoms with Gasteiger partial charge in [-0.3, -0.25) is 4.68 Å². The third-order valence-corrected chi connectivity index (χ3v) is 2.64. The molecule has 0 unspecified atom stereocenters. The second-order valence-corrected chi connectivity index (χ2v) is 3.77. The Balaban J connectivity index is 2.49. The van der Waals surface area contributed by atoms with Gasteiger partial charge in [0, 0.05) is 12.7 Å². The third-order valence-electron chi connectivity index (χ3n) is 2.64. The fourth-order valence-corrected chi connectivity index (χ4v) is 1.69. The van der Waals surface area contributed by atoms with Gasteiger partial charge in [0.2, 0.25) is 0 Å². The van der Waals surface area contributed by atoms with Crippen LogP contribution in [-0.2, 0) is 13.5 Å². The molecule has 0 saturated carbocycles. The number of aromatic nitrogens is 2. The van der Waals surface area contributed by atoms with Gasteiger partial charge in [0.15, 0.2) is 0 Å². The van der Waals surface area contributed by atoms with Crippen molar-refractivity contribution in [1.82, 2.24) is 15.1 Å². The monoisotopic (exact) mass is 195 g/mol. The van der Waals surface area contributed by atoms with Crippen LogP contribution in [0.5, 0.6) is 0 Å². The number of aryl methyl sites for hydroxylation is 2. The Morgan fingerprint density at radius 2 is 2.00 bits per heavy atom. The zero-order chi connectivity index (χ0) is 10.6. The van der Waals surface area contributed by atoms with Crippen molar-refractivity contribution in [1.29, 1.82) is 0 Å². The lowest BCUT2D eigenvalue weighted by Gasteiger charge is -2.03. The Morgan fingerprint density at radius 3 is 2.50 bits per heavy atom. The predicted molar refractivity (Wildman–Crippen MR) is 59.5 cm³/mol. The fraction of sp³-hybridized carbons (Fsp3) is 0.727. The van der Waals surface area contributed by atoms with Gasteiger partial charge in [-0.15, -0.1) is 0 Å². The first-order valence-corrected chi connectivity index (χ1v) is 5.36. The molecule has 1 N–H and O–H groups in total. The molecule has 3 nitrogen and oxygen atoms in total. The van der Waals surface area contributed by atoms with E-state index in [9.17, 15) is 0 Å². The molecule has 1 heterocycles. The molecule has 0 atom stereocenters. The van der Waals surface area contributed by atoms with E-state index in [1.807, 2.05) is 11.7 Å². The number of rotatable bonds is 5. The summed E-state index contributed by atoms with van der Waals surface area (Å²) in [6.45, 7) is 8.57. The van der Waals surface area contributed by atoms with Crippen molar-refractivity contribution in [2.45, 2.75) is 33.6 Å². The molecule has 80 valence electrons. The van der Waals surface area contributed by atoms with Crippen LogP contribution in [0, 0.1) is 13.8 Å². The Labute approximate surface area is 86.5 Å². The lowest BCUT2D eigenvalue weighted by Crippen LogP contribution is -2.18. The first-order valence-electron chi connectivity index (χ1n) is 5.36. The van der Waals surface area contributed by atoms with E-state index in [1.54, 1.807) is 0 Å². The lowest BCUT2D eigenvalue weighted by molar-refractivity contribution is 0.668. The van der Waals surface area contributed by atoms with Crippen LogP contribution in [-0.4, -0.2) is 22.9 Å². The highest BCUT2D eigenvalue weighted by molar-refractivity contribution is 5.24. The molecule has 0 fully saturated rings. The van der Waals surface area contributed by atoms with Crippen LogP contribution in [0.3, 0.4) is 0 Å². The Bertz CT molecular complexity index is 289. The van der Waals surface area contributed by atoms with E-state index in [1.165, 1.54) is 23.4 Å². The van der Waals surface area contributed by atoms with Crippen molar-refractivity contribution < 1.29 is 0 Å². The third kappa shape index (κ3) is 2.58. The number of nitrogens with zero attached hydrogens (tertiary/aromatic N) is 2. The maximum atomic E-state index is 4.40. The number of nitrogens with one attached hydrogen (secondary N) is 1. The minimum atomic E-state index is 1.06. The van der Waals surface area contributed by atoms with Crippen LogP contribution in [0.1, 0.15) is 30.3 Å². The molecular weight excluding hydrogens is 174 g/mol. The molecule has 0 amide bonds. The molecule has 0 aliphatic rings. The highest BCUT2D eigenvalue weighted by Crippen LogP contribution is 2.11. The minimum Gasteiger partial charge on any atom is -0.316 e. The zero-order valence-corrected chi connectivity index (χ0v) is 9.72. The fourth-order valence-electron chi connectivity index (χ4n) is 1.69. The lowest BCUT2D eigenvalue weighted by atomic mass is 10.1. The van der Waals surface area contributed by atoms with Crippen LogP contribution in [0.25, 0.3) is 0 Å². The topological polar surface area (TPSA) is 29.9 Å². The summed E-state index contributed by atoms with van der Waals surface area (Å²) >= 11 is 0. The number of hydrogen-bond acceptors (Lipinski definition) is 2. The molecular formula is C11H21N3. The normalized spacial score (nSPS) is 10.9. The largest absolute Gasteiger partial charge is 0.316 e. The van der Waals surface area contributed by atoms with Gasteiger partial charge < -0.3 is 5.32 Å². The second kappa shape index (κ2) is 5.15. The van der Waals surface area contributed by atoms with E-state index < -0.39 is 0 Å². The van der Waals surface area contributed by atoms with Crippen molar-refractivity contribution in [3.63, 3.8) is 0 Å². The first kappa shape index (κ1) is 11.2. The van der Waals surface area contributed by atoms with Crippen LogP contribution < -0.4 is 5.32 Å². The Kier molecular flexibility index (Phi) is 4.14. The van der Waals surface area contributed by atoms with Crippen LogP contribution in [0.15, 0.2) is 0 Å². The highest BCUT2D eigenvalue weighted by atomic mass is 15.3. The summed E-state index contributed by atoms with van der Waals surface area (Å²) < 4.78 is 1.96. The van der Waals surface area contributed by atoms with Crippen LogP contribution in [0.4, 0.5) is 0 Å². The van der Waals surface area contributed by atoms with E-state index in [-0.39, 0.29) is 0 Å². The molecule has 0 radical (unpaired) electrons. The minimum absolute atomic E-state index is 1.06. The molecule has 1 aromatic rings. The first-order chi connectivity index (χ1) is 6.66. The maximum Gasteiger partial charge on any atom is 0.0628 e. The Morgan fingerprint density at radius 1 is 1.29 bits per heavy atom.